The van der Waals surface area contributed by atoms with Crippen molar-refractivity contribution in [1.29, 1.82) is 0 Å². The predicted molar refractivity (Wildman–Crippen MR) is 59.8 cm³/mol. The summed E-state index contributed by atoms with van der Waals surface area (Å²) in [6, 6.07) is 2.10. The van der Waals surface area contributed by atoms with Gasteiger partial charge >= 0.3 is 0 Å². The van der Waals surface area contributed by atoms with E-state index in [9.17, 15) is 5.11 Å². The van der Waals surface area contributed by atoms with Crippen LogP contribution < -0.4 is 0 Å². The molecular weight excluding hydrogens is 188 g/mol. The van der Waals surface area contributed by atoms with Gasteiger partial charge in [-0.1, -0.05) is 12.8 Å². The van der Waals surface area contributed by atoms with Gasteiger partial charge in [-0.05, 0) is 32.8 Å². The first kappa shape index (κ1) is 10.7. The summed E-state index contributed by atoms with van der Waals surface area (Å²) in [6.45, 7) is 4.99. The third-order valence-electron chi connectivity index (χ3n) is 3.33. The highest BCUT2D eigenvalue weighted by Crippen LogP contribution is 2.32. The monoisotopic (exact) mass is 208 g/mol. The van der Waals surface area contributed by atoms with E-state index < -0.39 is 5.60 Å². The first-order chi connectivity index (χ1) is 7.13. The molecule has 1 aliphatic carbocycles. The molecule has 1 fully saturated rings. The first-order valence-corrected chi connectivity index (χ1v) is 5.89. The molecule has 3 heteroatoms. The van der Waals surface area contributed by atoms with Crippen molar-refractivity contribution >= 4 is 0 Å². The highest BCUT2D eigenvalue weighted by Gasteiger charge is 2.32. The molecule has 0 spiro atoms. The van der Waals surface area contributed by atoms with Crippen LogP contribution in [0.5, 0.6) is 0 Å². The average Bonchev–Trinajstić information content (AvgIpc) is 2.73. The van der Waals surface area contributed by atoms with Gasteiger partial charge < -0.3 is 5.11 Å². The van der Waals surface area contributed by atoms with E-state index in [4.69, 9.17) is 0 Å². The molecule has 1 aromatic heterocycles. The quantitative estimate of drug-likeness (QED) is 0.825. The third kappa shape index (κ3) is 2.23. The number of hydrogen-bond donors (Lipinski definition) is 1. The van der Waals surface area contributed by atoms with Gasteiger partial charge in [0.15, 0.2) is 0 Å². The zero-order valence-electron chi connectivity index (χ0n) is 9.66. The van der Waals surface area contributed by atoms with E-state index in [2.05, 4.69) is 18.1 Å². The van der Waals surface area contributed by atoms with Crippen molar-refractivity contribution in [2.45, 2.75) is 58.1 Å². The van der Waals surface area contributed by atoms with Crippen LogP contribution in [0, 0.1) is 6.92 Å². The molecular formula is C12H20N2O. The van der Waals surface area contributed by atoms with Gasteiger partial charge in [-0.2, -0.15) is 5.10 Å². The molecule has 0 aromatic carbocycles. The molecule has 2 rings (SSSR count). The summed E-state index contributed by atoms with van der Waals surface area (Å²) in [7, 11) is 0. The Bertz CT molecular complexity index is 337. The topological polar surface area (TPSA) is 38.0 Å². The minimum Gasteiger partial charge on any atom is -0.389 e. The van der Waals surface area contributed by atoms with Crippen LogP contribution in [0.3, 0.4) is 0 Å². The lowest BCUT2D eigenvalue weighted by Gasteiger charge is -2.22. The van der Waals surface area contributed by atoms with Gasteiger partial charge in [-0.25, -0.2) is 0 Å². The third-order valence-corrected chi connectivity index (χ3v) is 3.33. The zero-order chi connectivity index (χ0) is 10.9. The molecule has 84 valence electrons. The van der Waals surface area contributed by atoms with Crippen LogP contribution in [-0.4, -0.2) is 20.5 Å². The minimum absolute atomic E-state index is 0.459. The minimum atomic E-state index is -0.459. The summed E-state index contributed by atoms with van der Waals surface area (Å²) >= 11 is 0. The Hall–Kier alpha value is -0.830. The van der Waals surface area contributed by atoms with Gasteiger partial charge in [-0.3, -0.25) is 4.68 Å². The second-order valence-electron chi connectivity index (χ2n) is 4.70. The van der Waals surface area contributed by atoms with Crippen molar-refractivity contribution in [3.05, 3.63) is 17.5 Å². The standard InChI is InChI=1S/C12H20N2O/c1-3-14-11(8-10(2)13-14)9-12(15)6-4-5-7-12/h8,15H,3-7,9H2,1-2H3. The average molecular weight is 208 g/mol. The molecule has 1 aromatic rings. The molecule has 0 saturated heterocycles. The van der Waals surface area contributed by atoms with Crippen molar-refractivity contribution in [2.75, 3.05) is 0 Å². The molecule has 0 atom stereocenters. The second kappa shape index (κ2) is 3.97. The van der Waals surface area contributed by atoms with Crippen LogP contribution in [0.4, 0.5) is 0 Å². The molecule has 3 nitrogen and oxygen atoms in total. The fourth-order valence-electron chi connectivity index (χ4n) is 2.56. The predicted octanol–water partition coefficient (Wildman–Crippen LogP) is 2.06. The molecule has 1 heterocycles. The molecule has 15 heavy (non-hydrogen) atoms. The van der Waals surface area contributed by atoms with Crippen LogP contribution in [0.15, 0.2) is 6.07 Å². The summed E-state index contributed by atoms with van der Waals surface area (Å²) in [5, 5.41) is 14.7. The fourth-order valence-corrected chi connectivity index (χ4v) is 2.56. The number of rotatable bonds is 3. The van der Waals surface area contributed by atoms with E-state index in [1.54, 1.807) is 0 Å². The molecule has 1 aliphatic rings. The van der Waals surface area contributed by atoms with Gasteiger partial charge in [0.05, 0.1) is 11.3 Å². The normalized spacial score (nSPS) is 19.7. The van der Waals surface area contributed by atoms with Gasteiger partial charge in [0.1, 0.15) is 0 Å². The highest BCUT2D eigenvalue weighted by molar-refractivity contribution is 5.12. The van der Waals surface area contributed by atoms with E-state index in [1.807, 2.05) is 11.6 Å². The molecule has 1 saturated carbocycles. The Morgan fingerprint density at radius 3 is 2.73 bits per heavy atom. The Labute approximate surface area is 91.1 Å². The van der Waals surface area contributed by atoms with Gasteiger partial charge in [0.25, 0.3) is 0 Å². The maximum absolute atomic E-state index is 10.3. The summed E-state index contributed by atoms with van der Waals surface area (Å²) < 4.78 is 2.01. The van der Waals surface area contributed by atoms with Gasteiger partial charge in [0.2, 0.25) is 0 Å². The Balaban J connectivity index is 2.15. The van der Waals surface area contributed by atoms with Crippen molar-refractivity contribution in [3.63, 3.8) is 0 Å². The lowest BCUT2D eigenvalue weighted by Crippen LogP contribution is -2.28. The Kier molecular flexibility index (Phi) is 2.83. The van der Waals surface area contributed by atoms with Crippen LogP contribution >= 0.6 is 0 Å². The molecule has 1 N–H and O–H groups in total. The van der Waals surface area contributed by atoms with E-state index in [0.29, 0.717) is 0 Å². The van der Waals surface area contributed by atoms with Crippen molar-refractivity contribution < 1.29 is 5.11 Å². The fraction of sp³-hybridized carbons (Fsp3) is 0.750. The van der Waals surface area contributed by atoms with Crippen molar-refractivity contribution in [2.24, 2.45) is 0 Å². The van der Waals surface area contributed by atoms with E-state index >= 15 is 0 Å². The summed E-state index contributed by atoms with van der Waals surface area (Å²) in [4.78, 5) is 0. The molecule has 0 unspecified atom stereocenters. The summed E-state index contributed by atoms with van der Waals surface area (Å²) in [6.07, 6.45) is 4.98. The number of aliphatic hydroxyl groups is 1. The van der Waals surface area contributed by atoms with Gasteiger partial charge in [0, 0.05) is 18.7 Å². The zero-order valence-corrected chi connectivity index (χ0v) is 9.66. The van der Waals surface area contributed by atoms with Crippen molar-refractivity contribution in [1.82, 2.24) is 9.78 Å². The van der Waals surface area contributed by atoms with E-state index in [0.717, 1.165) is 44.3 Å². The summed E-state index contributed by atoms with van der Waals surface area (Å²) in [5.74, 6) is 0. The maximum Gasteiger partial charge on any atom is 0.0702 e. The van der Waals surface area contributed by atoms with Crippen LogP contribution in [0.2, 0.25) is 0 Å². The number of aromatic nitrogens is 2. The number of hydrogen-bond acceptors (Lipinski definition) is 2. The lowest BCUT2D eigenvalue weighted by atomic mass is 9.96. The SMILES string of the molecule is CCn1nc(C)cc1CC1(O)CCCC1. The molecule has 0 aliphatic heterocycles. The van der Waals surface area contributed by atoms with Gasteiger partial charge in [-0.15, -0.1) is 0 Å². The smallest absolute Gasteiger partial charge is 0.0702 e. The van der Waals surface area contributed by atoms with E-state index in [-0.39, 0.29) is 0 Å². The van der Waals surface area contributed by atoms with Crippen molar-refractivity contribution in [3.8, 4) is 0 Å². The van der Waals surface area contributed by atoms with E-state index in [1.165, 1.54) is 5.69 Å². The molecule has 0 amide bonds. The summed E-state index contributed by atoms with van der Waals surface area (Å²) in [5.41, 5.74) is 1.77. The van der Waals surface area contributed by atoms with Crippen LogP contribution in [0.25, 0.3) is 0 Å². The Morgan fingerprint density at radius 1 is 1.47 bits per heavy atom. The molecule has 0 radical (unpaired) electrons. The second-order valence-corrected chi connectivity index (χ2v) is 4.70. The van der Waals surface area contributed by atoms with Crippen LogP contribution in [-0.2, 0) is 13.0 Å². The lowest BCUT2D eigenvalue weighted by molar-refractivity contribution is 0.0461. The van der Waals surface area contributed by atoms with Crippen LogP contribution in [0.1, 0.15) is 44.0 Å². The maximum atomic E-state index is 10.3. The highest BCUT2D eigenvalue weighted by atomic mass is 16.3. The molecule has 0 bridgehead atoms. The Morgan fingerprint density at radius 2 is 2.13 bits per heavy atom. The number of aryl methyl sites for hydroxylation is 2. The number of nitrogens with zero attached hydrogens (tertiary/aromatic N) is 2. The first-order valence-electron chi connectivity index (χ1n) is 5.89. The largest absolute Gasteiger partial charge is 0.389 e.